The first-order chi connectivity index (χ1) is 11.2. The van der Waals surface area contributed by atoms with E-state index in [9.17, 15) is 4.79 Å². The number of unbranched alkanes of at least 4 members (excludes halogenated alkanes) is 1. The fourth-order valence-electron chi connectivity index (χ4n) is 2.43. The van der Waals surface area contributed by atoms with E-state index >= 15 is 0 Å². The minimum absolute atomic E-state index is 0.130. The molecule has 0 saturated heterocycles. The average molecular weight is 311 g/mol. The molecule has 2 rings (SSSR count). The number of hydrogen-bond donors (Lipinski definition) is 1. The van der Waals surface area contributed by atoms with E-state index in [1.54, 1.807) is 0 Å². The van der Waals surface area contributed by atoms with Crippen molar-refractivity contribution in [2.45, 2.75) is 40.0 Å². The van der Waals surface area contributed by atoms with Gasteiger partial charge in [0.2, 0.25) is 0 Å². The Balaban J connectivity index is 2.40. The molecule has 0 aliphatic carbocycles. The van der Waals surface area contributed by atoms with Crippen LogP contribution >= 0.6 is 0 Å². The number of ketones is 1. The maximum atomic E-state index is 12.3. The van der Waals surface area contributed by atoms with Crippen molar-refractivity contribution in [2.75, 3.05) is 11.9 Å². The van der Waals surface area contributed by atoms with Gasteiger partial charge in [-0.05, 0) is 43.2 Å². The van der Waals surface area contributed by atoms with E-state index in [1.165, 1.54) is 0 Å². The van der Waals surface area contributed by atoms with Crippen molar-refractivity contribution in [3.05, 3.63) is 53.6 Å². The first kappa shape index (κ1) is 17.1. The first-order valence-electron chi connectivity index (χ1n) is 8.30. The van der Waals surface area contributed by atoms with Crippen molar-refractivity contribution in [1.29, 1.82) is 0 Å². The summed E-state index contributed by atoms with van der Waals surface area (Å²) in [6.45, 7) is 6.85. The van der Waals surface area contributed by atoms with Crippen LogP contribution in [0.25, 0.3) is 0 Å². The van der Waals surface area contributed by atoms with Crippen molar-refractivity contribution in [3.63, 3.8) is 0 Å². The second-order valence-corrected chi connectivity index (χ2v) is 5.66. The molecule has 2 aromatic rings. The molecule has 3 nitrogen and oxygen atoms in total. The van der Waals surface area contributed by atoms with Gasteiger partial charge in [-0.3, -0.25) is 4.79 Å². The van der Waals surface area contributed by atoms with Gasteiger partial charge in [0, 0.05) is 18.5 Å². The number of ether oxygens (including phenoxy) is 1. The zero-order valence-corrected chi connectivity index (χ0v) is 14.2. The first-order valence-corrected chi connectivity index (χ1v) is 8.30. The molecule has 23 heavy (non-hydrogen) atoms. The standard InChI is InChI=1S/C20H25NO2/c1-4-6-12-21-20-17(18(22)5-2)13-15(3)14-19(20)23-16-10-8-7-9-11-16/h7-11,13-14,21H,4-6,12H2,1-3H3. The lowest BCUT2D eigenvalue weighted by Gasteiger charge is -2.17. The molecular weight excluding hydrogens is 286 g/mol. The summed E-state index contributed by atoms with van der Waals surface area (Å²) in [4.78, 5) is 12.3. The number of carbonyl (C=O) groups is 1. The Morgan fingerprint density at radius 1 is 1.13 bits per heavy atom. The number of carbonyl (C=O) groups excluding carboxylic acids is 1. The summed E-state index contributed by atoms with van der Waals surface area (Å²) in [6, 6.07) is 13.6. The Morgan fingerprint density at radius 2 is 1.87 bits per heavy atom. The van der Waals surface area contributed by atoms with Gasteiger partial charge in [0.25, 0.3) is 0 Å². The summed E-state index contributed by atoms with van der Waals surface area (Å²) in [5.74, 6) is 1.61. The molecule has 0 saturated carbocycles. The number of hydrogen-bond acceptors (Lipinski definition) is 3. The third kappa shape index (κ3) is 4.59. The van der Waals surface area contributed by atoms with Crippen molar-refractivity contribution >= 4 is 11.5 Å². The van der Waals surface area contributed by atoms with Crippen LogP contribution in [0.15, 0.2) is 42.5 Å². The third-order valence-corrected chi connectivity index (χ3v) is 3.67. The smallest absolute Gasteiger partial charge is 0.164 e. The van der Waals surface area contributed by atoms with Gasteiger partial charge in [-0.1, -0.05) is 38.5 Å². The highest BCUT2D eigenvalue weighted by molar-refractivity contribution is 6.02. The summed E-state index contributed by atoms with van der Waals surface area (Å²) in [5, 5.41) is 3.40. The van der Waals surface area contributed by atoms with Gasteiger partial charge in [-0.15, -0.1) is 0 Å². The summed E-state index contributed by atoms with van der Waals surface area (Å²) in [7, 11) is 0. The van der Waals surface area contributed by atoms with Crippen LogP contribution in [-0.2, 0) is 0 Å². The minimum atomic E-state index is 0.130. The molecule has 0 amide bonds. The zero-order chi connectivity index (χ0) is 16.7. The van der Waals surface area contributed by atoms with E-state index < -0.39 is 0 Å². The molecule has 0 unspecified atom stereocenters. The van der Waals surface area contributed by atoms with Crippen LogP contribution in [0.5, 0.6) is 11.5 Å². The van der Waals surface area contributed by atoms with Crippen molar-refractivity contribution in [2.24, 2.45) is 0 Å². The fraction of sp³-hybridized carbons (Fsp3) is 0.350. The Morgan fingerprint density at radius 3 is 2.52 bits per heavy atom. The molecule has 122 valence electrons. The quantitative estimate of drug-likeness (QED) is 0.510. The number of benzene rings is 2. The Hall–Kier alpha value is -2.29. The van der Waals surface area contributed by atoms with Crippen LogP contribution in [0.2, 0.25) is 0 Å². The monoisotopic (exact) mass is 311 g/mol. The predicted octanol–water partition coefficient (Wildman–Crippen LogP) is 5.59. The summed E-state index contributed by atoms with van der Waals surface area (Å²) >= 11 is 0. The van der Waals surface area contributed by atoms with Crippen molar-refractivity contribution < 1.29 is 9.53 Å². The van der Waals surface area contributed by atoms with E-state index in [-0.39, 0.29) is 5.78 Å². The van der Waals surface area contributed by atoms with Crippen LogP contribution in [0, 0.1) is 6.92 Å². The van der Waals surface area contributed by atoms with Gasteiger partial charge in [-0.25, -0.2) is 0 Å². The lowest BCUT2D eigenvalue weighted by Crippen LogP contribution is -2.09. The Bertz CT molecular complexity index is 650. The number of rotatable bonds is 8. The molecule has 0 atom stereocenters. The summed E-state index contributed by atoms with van der Waals surface area (Å²) in [5.41, 5.74) is 2.54. The Kier molecular flexibility index (Phi) is 6.21. The summed E-state index contributed by atoms with van der Waals surface area (Å²) < 4.78 is 6.04. The molecule has 0 spiro atoms. The van der Waals surface area contributed by atoms with Gasteiger partial charge in [0.05, 0.1) is 5.69 Å². The highest BCUT2D eigenvalue weighted by Gasteiger charge is 2.16. The number of para-hydroxylation sites is 1. The molecule has 0 radical (unpaired) electrons. The van der Waals surface area contributed by atoms with Crippen LogP contribution in [0.1, 0.15) is 49.0 Å². The van der Waals surface area contributed by atoms with Gasteiger partial charge >= 0.3 is 0 Å². The highest BCUT2D eigenvalue weighted by Crippen LogP contribution is 2.34. The third-order valence-electron chi connectivity index (χ3n) is 3.67. The van der Waals surface area contributed by atoms with E-state index in [0.29, 0.717) is 12.2 Å². The lowest BCUT2D eigenvalue weighted by molar-refractivity contribution is 0.0988. The van der Waals surface area contributed by atoms with Crippen LogP contribution < -0.4 is 10.1 Å². The van der Waals surface area contributed by atoms with Gasteiger partial charge in [0.15, 0.2) is 11.5 Å². The maximum absolute atomic E-state index is 12.3. The molecule has 0 heterocycles. The second kappa shape index (κ2) is 8.37. The van der Waals surface area contributed by atoms with Crippen molar-refractivity contribution in [1.82, 2.24) is 0 Å². The average Bonchev–Trinajstić information content (AvgIpc) is 2.56. The normalized spacial score (nSPS) is 10.4. The number of nitrogens with one attached hydrogen (secondary N) is 1. The molecule has 0 fully saturated rings. The van der Waals surface area contributed by atoms with Crippen LogP contribution in [0.3, 0.4) is 0 Å². The van der Waals surface area contributed by atoms with Gasteiger partial charge in [-0.2, -0.15) is 0 Å². The van der Waals surface area contributed by atoms with E-state index in [0.717, 1.165) is 42.0 Å². The topological polar surface area (TPSA) is 38.3 Å². The molecule has 0 aliphatic heterocycles. The largest absolute Gasteiger partial charge is 0.455 e. The van der Waals surface area contributed by atoms with E-state index in [2.05, 4.69) is 12.2 Å². The van der Waals surface area contributed by atoms with E-state index in [4.69, 9.17) is 4.74 Å². The molecule has 0 aromatic heterocycles. The number of aryl methyl sites for hydroxylation is 1. The molecular formula is C20H25NO2. The van der Waals surface area contributed by atoms with Crippen LogP contribution in [0.4, 0.5) is 5.69 Å². The summed E-state index contributed by atoms with van der Waals surface area (Å²) in [6.07, 6.45) is 2.64. The molecule has 0 bridgehead atoms. The lowest BCUT2D eigenvalue weighted by atomic mass is 10.0. The molecule has 2 aromatic carbocycles. The Labute approximate surface area is 138 Å². The predicted molar refractivity (Wildman–Crippen MR) is 95.7 cm³/mol. The van der Waals surface area contributed by atoms with E-state index in [1.807, 2.05) is 56.3 Å². The molecule has 3 heteroatoms. The molecule has 1 N–H and O–H groups in total. The highest BCUT2D eigenvalue weighted by atomic mass is 16.5. The molecule has 0 aliphatic rings. The number of Topliss-reactive ketones (excluding diaryl/α,β-unsaturated/α-hetero) is 1. The SMILES string of the molecule is CCCCNc1c(Oc2ccccc2)cc(C)cc1C(=O)CC. The minimum Gasteiger partial charge on any atom is -0.455 e. The second-order valence-electron chi connectivity index (χ2n) is 5.66. The maximum Gasteiger partial charge on any atom is 0.164 e. The van der Waals surface area contributed by atoms with Crippen LogP contribution in [-0.4, -0.2) is 12.3 Å². The van der Waals surface area contributed by atoms with Gasteiger partial charge < -0.3 is 10.1 Å². The van der Waals surface area contributed by atoms with Gasteiger partial charge in [0.1, 0.15) is 5.75 Å². The fourth-order valence-corrected chi connectivity index (χ4v) is 2.43. The van der Waals surface area contributed by atoms with Crippen molar-refractivity contribution in [3.8, 4) is 11.5 Å². The number of anilines is 1. The zero-order valence-electron chi connectivity index (χ0n) is 14.2.